The number of pyridine rings is 1. The first-order valence-electron chi connectivity index (χ1n) is 9.28. The number of aromatic nitrogens is 1. The van der Waals surface area contributed by atoms with Crippen LogP contribution in [0.3, 0.4) is 0 Å². The van der Waals surface area contributed by atoms with Gasteiger partial charge >= 0.3 is 0 Å². The fourth-order valence-corrected chi connectivity index (χ4v) is 3.54. The number of nitrogens with two attached hydrogens (primary N) is 2. The van der Waals surface area contributed by atoms with Gasteiger partial charge in [0.25, 0.3) is 0 Å². The second-order valence-corrected chi connectivity index (χ2v) is 7.46. The molecule has 0 fully saturated rings. The molecule has 0 spiro atoms. The lowest BCUT2D eigenvalue weighted by Gasteiger charge is -2.27. The van der Waals surface area contributed by atoms with Gasteiger partial charge in [0, 0.05) is 22.0 Å². The van der Waals surface area contributed by atoms with E-state index in [1.54, 1.807) is 6.07 Å². The van der Waals surface area contributed by atoms with E-state index >= 15 is 0 Å². The lowest BCUT2D eigenvalue weighted by Crippen LogP contribution is -2.33. The molecule has 0 saturated heterocycles. The zero-order chi connectivity index (χ0) is 22.4. The van der Waals surface area contributed by atoms with Gasteiger partial charge in [0.2, 0.25) is 5.96 Å². The Bertz CT molecular complexity index is 1160. The maximum absolute atomic E-state index is 9.46. The van der Waals surface area contributed by atoms with E-state index < -0.39 is 6.04 Å². The number of rotatable bonds is 6. The molecule has 0 amide bonds. The molecule has 1 aromatic carbocycles. The average Bonchev–Trinajstić information content (AvgIpc) is 2.74. The average molecular weight is 480 g/mol. The van der Waals surface area contributed by atoms with Crippen LogP contribution in [0.4, 0.5) is 17.3 Å². The Morgan fingerprint density at radius 1 is 1.23 bits per heavy atom. The summed E-state index contributed by atoms with van der Waals surface area (Å²) < 4.78 is 6.75. The van der Waals surface area contributed by atoms with E-state index in [0.29, 0.717) is 35.7 Å². The van der Waals surface area contributed by atoms with Gasteiger partial charge in [0.1, 0.15) is 35.1 Å². The summed E-state index contributed by atoms with van der Waals surface area (Å²) in [5.74, 6) is 1.00. The number of fused-ring (bicyclic) bond motifs is 1. The van der Waals surface area contributed by atoms with Gasteiger partial charge in [0.05, 0.1) is 18.4 Å². The number of guanidine groups is 1. The van der Waals surface area contributed by atoms with Gasteiger partial charge in [-0.1, -0.05) is 15.9 Å². The van der Waals surface area contributed by atoms with Crippen LogP contribution in [0, 0.1) is 34.1 Å². The monoisotopic (exact) mass is 479 g/mol. The Labute approximate surface area is 187 Å². The molecule has 11 heteroatoms. The highest BCUT2D eigenvalue weighted by Crippen LogP contribution is 2.43. The predicted molar refractivity (Wildman–Crippen MR) is 119 cm³/mol. The largest absolute Gasteiger partial charge is 0.493 e. The van der Waals surface area contributed by atoms with Crippen molar-refractivity contribution in [3.8, 4) is 24.1 Å². The van der Waals surface area contributed by atoms with Crippen molar-refractivity contribution < 1.29 is 4.74 Å². The molecule has 1 aliphatic rings. The van der Waals surface area contributed by atoms with Crippen molar-refractivity contribution in [2.45, 2.75) is 25.3 Å². The fraction of sp³-hybridized carbons (Fsp3) is 0.250. The fourth-order valence-electron chi connectivity index (χ4n) is 3.16. The van der Waals surface area contributed by atoms with Crippen LogP contribution in [0.25, 0.3) is 0 Å². The number of nitrogens with zero attached hydrogens (tertiary/aromatic N) is 5. The lowest BCUT2D eigenvalue weighted by atomic mass is 9.94. The molecule has 31 heavy (non-hydrogen) atoms. The number of ether oxygens (including phenoxy) is 1. The molecule has 156 valence electrons. The second-order valence-electron chi connectivity index (χ2n) is 6.55. The number of hydrogen-bond donors (Lipinski definition) is 4. The Hall–Kier alpha value is -4.01. The van der Waals surface area contributed by atoms with Crippen LogP contribution in [-0.2, 0) is 0 Å². The highest BCUT2D eigenvalue weighted by Gasteiger charge is 2.31. The SMILES string of the molecule is N#CCCCCOc1ccc(Br)cc1C1N=C(NC#N)Nc2nc(N)c(C#N)c(N)c21. The molecule has 1 atom stereocenters. The number of benzene rings is 1. The standard InChI is InChI=1S/C20H18BrN9O/c21-11-4-5-14(31-7-3-1-2-6-22)12(8-11)17-15-16(25)13(9-23)18(26)29-19(15)30-20(28-17)27-10-24/h4-5,8,17H,1-3,7H2,(H6,25,26,27,28,29,30). The van der Waals surface area contributed by atoms with E-state index in [1.807, 2.05) is 24.4 Å². The molecule has 1 aromatic heterocycles. The van der Waals surface area contributed by atoms with Gasteiger partial charge in [-0.2, -0.15) is 15.8 Å². The summed E-state index contributed by atoms with van der Waals surface area (Å²) in [6, 6.07) is 8.84. The van der Waals surface area contributed by atoms with Crippen molar-refractivity contribution in [1.82, 2.24) is 10.3 Å². The summed E-state index contributed by atoms with van der Waals surface area (Å²) in [7, 11) is 0. The summed E-state index contributed by atoms with van der Waals surface area (Å²) in [5.41, 5.74) is 13.5. The van der Waals surface area contributed by atoms with Gasteiger partial charge in [-0.25, -0.2) is 9.98 Å². The van der Waals surface area contributed by atoms with E-state index in [-0.39, 0.29) is 23.0 Å². The van der Waals surface area contributed by atoms with E-state index in [2.05, 4.69) is 42.6 Å². The van der Waals surface area contributed by atoms with Crippen molar-refractivity contribution in [3.63, 3.8) is 0 Å². The maximum Gasteiger partial charge on any atom is 0.211 e. The number of anilines is 3. The van der Waals surface area contributed by atoms with Gasteiger partial charge in [-0.05, 0) is 31.0 Å². The quantitative estimate of drug-likeness (QED) is 0.274. The first-order valence-corrected chi connectivity index (χ1v) is 10.1. The first-order chi connectivity index (χ1) is 15.0. The van der Waals surface area contributed by atoms with E-state index in [1.165, 1.54) is 0 Å². The van der Waals surface area contributed by atoms with E-state index in [0.717, 1.165) is 17.3 Å². The minimum Gasteiger partial charge on any atom is -0.493 e. The Kier molecular flexibility index (Phi) is 6.76. The minimum atomic E-state index is -0.709. The smallest absolute Gasteiger partial charge is 0.211 e. The van der Waals surface area contributed by atoms with Crippen molar-refractivity contribution in [2.75, 3.05) is 23.4 Å². The highest BCUT2D eigenvalue weighted by molar-refractivity contribution is 9.10. The topological polar surface area (TPSA) is 182 Å². The summed E-state index contributed by atoms with van der Waals surface area (Å²) in [6.07, 6.45) is 3.73. The molecule has 6 N–H and O–H groups in total. The number of hydrogen-bond acceptors (Lipinski definition) is 10. The van der Waals surface area contributed by atoms with Gasteiger partial charge in [0.15, 0.2) is 6.19 Å². The van der Waals surface area contributed by atoms with Crippen molar-refractivity contribution in [3.05, 3.63) is 39.4 Å². The van der Waals surface area contributed by atoms with Crippen LogP contribution < -0.4 is 26.8 Å². The minimum absolute atomic E-state index is 0.0218. The third-order valence-electron chi connectivity index (χ3n) is 4.56. The predicted octanol–water partition coefficient (Wildman–Crippen LogP) is 2.89. The van der Waals surface area contributed by atoms with Crippen LogP contribution >= 0.6 is 15.9 Å². The van der Waals surface area contributed by atoms with Crippen molar-refractivity contribution in [2.24, 2.45) is 4.99 Å². The Morgan fingerprint density at radius 3 is 2.74 bits per heavy atom. The molecule has 0 aliphatic carbocycles. The Morgan fingerprint density at radius 2 is 2.03 bits per heavy atom. The molecule has 2 aromatic rings. The van der Waals surface area contributed by atoms with E-state index in [9.17, 15) is 5.26 Å². The number of aliphatic imine (C=N–C) groups is 1. The summed E-state index contributed by atoms with van der Waals surface area (Å²) in [5, 5.41) is 32.5. The van der Waals surface area contributed by atoms with E-state index in [4.69, 9.17) is 26.7 Å². The highest BCUT2D eigenvalue weighted by atomic mass is 79.9. The Balaban J connectivity index is 2.09. The molecule has 1 aliphatic heterocycles. The van der Waals surface area contributed by atoms with Crippen molar-refractivity contribution in [1.29, 1.82) is 15.8 Å². The molecule has 0 bridgehead atoms. The molecule has 1 unspecified atom stereocenters. The van der Waals surface area contributed by atoms with Crippen LogP contribution in [0.2, 0.25) is 0 Å². The third-order valence-corrected chi connectivity index (χ3v) is 5.06. The van der Waals surface area contributed by atoms with Crippen LogP contribution in [0.15, 0.2) is 27.7 Å². The zero-order valence-corrected chi connectivity index (χ0v) is 17.9. The summed E-state index contributed by atoms with van der Waals surface area (Å²) in [6.45, 7) is 0.417. The number of unbranched alkanes of at least 4 members (excludes halogenated alkanes) is 2. The molecule has 3 rings (SSSR count). The van der Waals surface area contributed by atoms with Gasteiger partial charge < -0.3 is 21.5 Å². The number of nitrogen functional groups attached to an aromatic ring is 2. The molecule has 0 saturated carbocycles. The zero-order valence-electron chi connectivity index (χ0n) is 16.3. The molecular weight excluding hydrogens is 462 g/mol. The molecule has 2 heterocycles. The number of halogens is 1. The summed E-state index contributed by atoms with van der Waals surface area (Å²) >= 11 is 3.47. The van der Waals surface area contributed by atoms with Gasteiger partial charge in [-0.15, -0.1) is 0 Å². The normalized spacial score (nSPS) is 14.1. The molecule has 10 nitrogen and oxygen atoms in total. The maximum atomic E-state index is 9.46. The first kappa shape index (κ1) is 21.7. The van der Waals surface area contributed by atoms with Gasteiger partial charge in [-0.3, -0.25) is 5.32 Å². The number of nitrogens with one attached hydrogen (secondary N) is 2. The van der Waals surface area contributed by atoms with Crippen LogP contribution in [0.1, 0.15) is 42.0 Å². The lowest BCUT2D eigenvalue weighted by molar-refractivity contribution is 0.303. The van der Waals surface area contributed by atoms with Crippen LogP contribution in [0.5, 0.6) is 5.75 Å². The molecular formula is C20H18BrN9O. The second kappa shape index (κ2) is 9.66. The molecule has 0 radical (unpaired) electrons. The number of nitriles is 3. The third kappa shape index (κ3) is 4.61. The van der Waals surface area contributed by atoms with Crippen molar-refractivity contribution >= 4 is 39.2 Å². The summed E-state index contributed by atoms with van der Waals surface area (Å²) in [4.78, 5) is 8.82. The van der Waals surface area contributed by atoms with Crippen LogP contribution in [-0.4, -0.2) is 17.6 Å².